The smallest absolute Gasteiger partial charge is 0.269 e. The number of anilines is 1. The van der Waals surface area contributed by atoms with E-state index in [1.165, 1.54) is 23.3 Å². The van der Waals surface area contributed by atoms with Crippen LogP contribution in [-0.2, 0) is 6.42 Å². The minimum Gasteiger partial charge on any atom is -0.378 e. The van der Waals surface area contributed by atoms with Crippen molar-refractivity contribution in [1.29, 1.82) is 0 Å². The maximum Gasteiger partial charge on any atom is 0.269 e. The lowest BCUT2D eigenvalue weighted by atomic mass is 9.93. The molecule has 20 heavy (non-hydrogen) atoms. The van der Waals surface area contributed by atoms with Gasteiger partial charge >= 0.3 is 0 Å². The molecule has 1 aromatic carbocycles. The lowest BCUT2D eigenvalue weighted by Crippen LogP contribution is -2.16. The number of nitro benzene ring substituents is 1. The zero-order valence-electron chi connectivity index (χ0n) is 11.3. The third-order valence-electron chi connectivity index (χ3n) is 3.80. The van der Waals surface area contributed by atoms with E-state index in [9.17, 15) is 10.1 Å². The van der Waals surface area contributed by atoms with Crippen LogP contribution >= 0.6 is 11.3 Å². The van der Waals surface area contributed by atoms with Gasteiger partial charge in [0.15, 0.2) is 0 Å². The zero-order chi connectivity index (χ0) is 14.1. The van der Waals surface area contributed by atoms with E-state index in [0.717, 1.165) is 17.7 Å². The fraction of sp³-hybridized carbons (Fsp3) is 0.333. The second-order valence-electron chi connectivity index (χ2n) is 5.14. The van der Waals surface area contributed by atoms with E-state index in [1.807, 2.05) is 24.3 Å². The van der Waals surface area contributed by atoms with Crippen LogP contribution < -0.4 is 5.32 Å². The third-order valence-corrected chi connectivity index (χ3v) is 4.80. The van der Waals surface area contributed by atoms with Gasteiger partial charge in [0.2, 0.25) is 0 Å². The van der Waals surface area contributed by atoms with Crippen molar-refractivity contribution in [3.8, 4) is 0 Å². The van der Waals surface area contributed by atoms with E-state index >= 15 is 0 Å². The first kappa shape index (κ1) is 13.1. The molecule has 3 rings (SSSR count). The first-order valence-electron chi connectivity index (χ1n) is 6.73. The van der Waals surface area contributed by atoms with Crippen LogP contribution in [0.25, 0.3) is 0 Å². The molecule has 1 unspecified atom stereocenters. The van der Waals surface area contributed by atoms with Crippen LogP contribution in [0.1, 0.15) is 34.9 Å². The molecule has 1 N–H and O–H groups in total. The molecule has 0 radical (unpaired) electrons. The van der Waals surface area contributed by atoms with Crippen molar-refractivity contribution in [2.45, 2.75) is 32.2 Å². The third kappa shape index (κ3) is 2.41. The monoisotopic (exact) mass is 288 g/mol. The van der Waals surface area contributed by atoms with Crippen LogP contribution in [0.3, 0.4) is 0 Å². The van der Waals surface area contributed by atoms with Crippen molar-refractivity contribution in [2.75, 3.05) is 5.32 Å². The van der Waals surface area contributed by atoms with Crippen molar-refractivity contribution < 1.29 is 4.92 Å². The Labute approximate surface area is 121 Å². The standard InChI is InChI=1S/C15H16N2O2S/c1-10-9-11(17(18)19)5-6-13(10)16-14-3-2-4-15-12(14)7-8-20-15/h5-9,14,16H,2-4H2,1H3. The van der Waals surface area contributed by atoms with Crippen LogP contribution in [0.4, 0.5) is 11.4 Å². The molecule has 0 fully saturated rings. The number of nitrogens with one attached hydrogen (secondary N) is 1. The molecular formula is C15H16N2O2S. The van der Waals surface area contributed by atoms with Crippen LogP contribution in [0, 0.1) is 17.0 Å². The van der Waals surface area contributed by atoms with E-state index in [4.69, 9.17) is 0 Å². The second kappa shape index (κ2) is 5.25. The van der Waals surface area contributed by atoms with Crippen molar-refractivity contribution >= 4 is 22.7 Å². The van der Waals surface area contributed by atoms with Gasteiger partial charge in [-0.2, -0.15) is 0 Å². The number of hydrogen-bond donors (Lipinski definition) is 1. The van der Waals surface area contributed by atoms with Crippen LogP contribution in [0.5, 0.6) is 0 Å². The van der Waals surface area contributed by atoms with E-state index in [-0.39, 0.29) is 10.6 Å². The molecule has 1 atom stereocenters. The van der Waals surface area contributed by atoms with Crippen molar-refractivity contribution in [3.63, 3.8) is 0 Å². The number of nitro groups is 1. The second-order valence-corrected chi connectivity index (χ2v) is 6.15. The molecule has 1 heterocycles. The van der Waals surface area contributed by atoms with Crippen molar-refractivity contribution in [2.24, 2.45) is 0 Å². The van der Waals surface area contributed by atoms with E-state index < -0.39 is 0 Å². The molecule has 0 saturated carbocycles. The summed E-state index contributed by atoms with van der Waals surface area (Å²) >= 11 is 1.82. The van der Waals surface area contributed by atoms with Gasteiger partial charge in [-0.3, -0.25) is 10.1 Å². The first-order chi connectivity index (χ1) is 9.65. The number of benzene rings is 1. The summed E-state index contributed by atoms with van der Waals surface area (Å²) < 4.78 is 0. The molecule has 1 aromatic heterocycles. The lowest BCUT2D eigenvalue weighted by molar-refractivity contribution is -0.384. The maximum absolute atomic E-state index is 10.8. The SMILES string of the molecule is Cc1cc([N+](=O)[O-])ccc1NC1CCCc2sccc21. The van der Waals surface area contributed by atoms with Gasteiger partial charge in [0.25, 0.3) is 5.69 Å². The Kier molecular flexibility index (Phi) is 3.44. The molecule has 5 heteroatoms. The summed E-state index contributed by atoms with van der Waals surface area (Å²) in [4.78, 5) is 11.9. The quantitative estimate of drug-likeness (QED) is 0.670. The van der Waals surface area contributed by atoms with E-state index in [0.29, 0.717) is 6.04 Å². The highest BCUT2D eigenvalue weighted by atomic mass is 32.1. The fourth-order valence-corrected chi connectivity index (χ4v) is 3.73. The van der Waals surface area contributed by atoms with E-state index in [2.05, 4.69) is 16.8 Å². The Balaban J connectivity index is 1.84. The summed E-state index contributed by atoms with van der Waals surface area (Å²) in [5.41, 5.74) is 3.44. The van der Waals surface area contributed by atoms with Gasteiger partial charge in [-0.15, -0.1) is 11.3 Å². The van der Waals surface area contributed by atoms with Gasteiger partial charge in [0.1, 0.15) is 0 Å². The highest BCUT2D eigenvalue weighted by molar-refractivity contribution is 7.10. The first-order valence-corrected chi connectivity index (χ1v) is 7.61. The molecule has 0 bridgehead atoms. The normalized spacial score (nSPS) is 17.6. The summed E-state index contributed by atoms with van der Waals surface area (Å²) in [6.07, 6.45) is 3.47. The Hall–Kier alpha value is -1.88. The maximum atomic E-state index is 10.8. The van der Waals surface area contributed by atoms with Crippen LogP contribution in [0.15, 0.2) is 29.6 Å². The highest BCUT2D eigenvalue weighted by Crippen LogP contribution is 2.36. The van der Waals surface area contributed by atoms with Gasteiger partial charge in [-0.25, -0.2) is 0 Å². The predicted octanol–water partition coefficient (Wildman–Crippen LogP) is 4.45. The molecular weight excluding hydrogens is 272 g/mol. The Morgan fingerprint density at radius 2 is 2.25 bits per heavy atom. The Morgan fingerprint density at radius 3 is 3.00 bits per heavy atom. The minimum atomic E-state index is -0.353. The molecule has 0 spiro atoms. The van der Waals surface area contributed by atoms with Gasteiger partial charge < -0.3 is 5.32 Å². The van der Waals surface area contributed by atoms with Crippen LogP contribution in [-0.4, -0.2) is 4.92 Å². The number of rotatable bonds is 3. The number of thiophene rings is 1. The molecule has 2 aromatic rings. The Bertz CT molecular complexity index is 651. The summed E-state index contributed by atoms with van der Waals surface area (Å²) in [5.74, 6) is 0. The number of hydrogen-bond acceptors (Lipinski definition) is 4. The molecule has 1 aliphatic carbocycles. The molecule has 4 nitrogen and oxygen atoms in total. The molecule has 0 amide bonds. The summed E-state index contributed by atoms with van der Waals surface area (Å²) in [6.45, 7) is 1.91. The molecule has 104 valence electrons. The molecule has 0 saturated heterocycles. The summed E-state index contributed by atoms with van der Waals surface area (Å²) in [7, 11) is 0. The van der Waals surface area contributed by atoms with Gasteiger partial charge in [0, 0.05) is 22.7 Å². The van der Waals surface area contributed by atoms with Gasteiger partial charge in [-0.1, -0.05) is 0 Å². The van der Waals surface area contributed by atoms with Crippen molar-refractivity contribution in [3.05, 3.63) is 55.8 Å². The number of nitrogens with zero attached hydrogens (tertiary/aromatic N) is 1. The van der Waals surface area contributed by atoms with Crippen LogP contribution in [0.2, 0.25) is 0 Å². The Morgan fingerprint density at radius 1 is 1.40 bits per heavy atom. The minimum absolute atomic E-state index is 0.146. The largest absolute Gasteiger partial charge is 0.378 e. The van der Waals surface area contributed by atoms with Crippen molar-refractivity contribution in [1.82, 2.24) is 0 Å². The van der Waals surface area contributed by atoms with E-state index in [1.54, 1.807) is 12.1 Å². The lowest BCUT2D eigenvalue weighted by Gasteiger charge is -2.25. The van der Waals surface area contributed by atoms with Gasteiger partial charge in [-0.05, 0) is 54.8 Å². The fourth-order valence-electron chi connectivity index (χ4n) is 2.75. The zero-order valence-corrected chi connectivity index (χ0v) is 12.1. The molecule has 0 aliphatic heterocycles. The number of aryl methyl sites for hydroxylation is 2. The average molecular weight is 288 g/mol. The highest BCUT2D eigenvalue weighted by Gasteiger charge is 2.21. The predicted molar refractivity (Wildman–Crippen MR) is 81.5 cm³/mol. The topological polar surface area (TPSA) is 55.2 Å². The molecule has 1 aliphatic rings. The summed E-state index contributed by atoms with van der Waals surface area (Å²) in [5, 5.41) is 16.5. The van der Waals surface area contributed by atoms with Gasteiger partial charge in [0.05, 0.1) is 11.0 Å². The summed E-state index contributed by atoms with van der Waals surface area (Å²) in [6, 6.07) is 7.52. The average Bonchev–Trinajstić information content (AvgIpc) is 2.90. The number of non-ortho nitro benzene ring substituents is 1. The number of fused-ring (bicyclic) bond motifs is 1.